The highest BCUT2D eigenvalue weighted by atomic mass is 16.5. The fourth-order valence-electron chi connectivity index (χ4n) is 2.03. The van der Waals surface area contributed by atoms with Crippen LogP contribution in [0.25, 0.3) is 0 Å². The Morgan fingerprint density at radius 2 is 2.00 bits per heavy atom. The van der Waals surface area contributed by atoms with Gasteiger partial charge >= 0.3 is 0 Å². The summed E-state index contributed by atoms with van der Waals surface area (Å²) in [6.45, 7) is 4.68. The largest absolute Gasteiger partial charge is 0.493 e. The van der Waals surface area contributed by atoms with Gasteiger partial charge in [-0.3, -0.25) is 0 Å². The van der Waals surface area contributed by atoms with Crippen LogP contribution in [0, 0.1) is 0 Å². The van der Waals surface area contributed by atoms with E-state index in [1.807, 2.05) is 25.1 Å². The summed E-state index contributed by atoms with van der Waals surface area (Å²) < 4.78 is 11.1. The highest BCUT2D eigenvalue weighted by Gasteiger charge is 2.20. The van der Waals surface area contributed by atoms with Crippen molar-refractivity contribution in [2.24, 2.45) is 5.73 Å². The Labute approximate surface area is 121 Å². The molecule has 0 aliphatic heterocycles. The zero-order valence-electron chi connectivity index (χ0n) is 12.8. The monoisotopic (exact) mass is 281 g/mol. The van der Waals surface area contributed by atoms with Crippen molar-refractivity contribution in [3.05, 3.63) is 23.8 Å². The zero-order valence-corrected chi connectivity index (χ0v) is 12.8. The van der Waals surface area contributed by atoms with E-state index in [0.717, 1.165) is 37.2 Å². The first-order chi connectivity index (χ1) is 9.58. The van der Waals surface area contributed by atoms with E-state index in [0.29, 0.717) is 6.61 Å². The van der Waals surface area contributed by atoms with E-state index in [1.54, 1.807) is 7.11 Å². The minimum absolute atomic E-state index is 0.0119. The lowest BCUT2D eigenvalue weighted by molar-refractivity contribution is 0.171. The number of nitrogens with two attached hydrogens (primary N) is 1. The highest BCUT2D eigenvalue weighted by Crippen LogP contribution is 2.28. The van der Waals surface area contributed by atoms with E-state index in [-0.39, 0.29) is 6.61 Å². The predicted molar refractivity (Wildman–Crippen MR) is 81.4 cm³/mol. The highest BCUT2D eigenvalue weighted by molar-refractivity contribution is 5.42. The molecule has 0 heterocycles. The number of ether oxygens (including phenoxy) is 2. The Kier molecular flexibility index (Phi) is 6.82. The van der Waals surface area contributed by atoms with Crippen LogP contribution in [0.5, 0.6) is 11.5 Å². The summed E-state index contributed by atoms with van der Waals surface area (Å²) in [5, 5.41) is 9.26. The van der Waals surface area contributed by atoms with Crippen LogP contribution in [-0.4, -0.2) is 31.0 Å². The molecule has 1 rings (SSSR count). The quantitative estimate of drug-likeness (QED) is 0.683. The molecule has 0 amide bonds. The van der Waals surface area contributed by atoms with Crippen LogP contribution in [0.3, 0.4) is 0 Å². The molecule has 0 radical (unpaired) electrons. The molecule has 0 saturated heterocycles. The van der Waals surface area contributed by atoms with E-state index in [9.17, 15) is 5.11 Å². The normalized spacial score (nSPS) is 13.8. The summed E-state index contributed by atoms with van der Waals surface area (Å²) in [4.78, 5) is 0. The van der Waals surface area contributed by atoms with E-state index >= 15 is 0 Å². The average Bonchev–Trinajstić information content (AvgIpc) is 2.51. The Morgan fingerprint density at radius 1 is 1.25 bits per heavy atom. The molecule has 0 bridgehead atoms. The molecule has 0 aliphatic rings. The smallest absolute Gasteiger partial charge is 0.161 e. The molecule has 0 saturated carbocycles. The first kappa shape index (κ1) is 16.8. The summed E-state index contributed by atoms with van der Waals surface area (Å²) >= 11 is 0. The fraction of sp³-hybridized carbons (Fsp3) is 0.625. The molecule has 1 atom stereocenters. The lowest BCUT2D eigenvalue weighted by Crippen LogP contribution is -2.43. The number of aliphatic hydroxyl groups excluding tert-OH is 1. The maximum absolute atomic E-state index is 9.26. The number of aliphatic hydroxyl groups is 1. The number of rotatable bonds is 9. The number of benzene rings is 1. The van der Waals surface area contributed by atoms with Gasteiger partial charge < -0.3 is 20.3 Å². The number of aryl methyl sites for hydroxylation is 1. The van der Waals surface area contributed by atoms with Crippen LogP contribution in [0.2, 0.25) is 0 Å². The molecule has 3 N–H and O–H groups in total. The second kappa shape index (κ2) is 8.12. The fourth-order valence-corrected chi connectivity index (χ4v) is 2.03. The molecule has 1 unspecified atom stereocenters. The van der Waals surface area contributed by atoms with Gasteiger partial charge in [-0.05, 0) is 43.4 Å². The summed E-state index contributed by atoms with van der Waals surface area (Å²) in [7, 11) is 1.65. The second-order valence-electron chi connectivity index (χ2n) is 5.16. The molecule has 4 nitrogen and oxygen atoms in total. The van der Waals surface area contributed by atoms with E-state index in [4.69, 9.17) is 15.2 Å². The third kappa shape index (κ3) is 4.69. The van der Waals surface area contributed by atoms with Crippen molar-refractivity contribution in [1.82, 2.24) is 0 Å². The molecule has 4 heteroatoms. The number of hydrogen-bond acceptors (Lipinski definition) is 4. The van der Waals surface area contributed by atoms with Crippen molar-refractivity contribution in [2.45, 2.75) is 45.1 Å². The van der Waals surface area contributed by atoms with Crippen molar-refractivity contribution < 1.29 is 14.6 Å². The Morgan fingerprint density at radius 3 is 2.55 bits per heavy atom. The third-order valence-electron chi connectivity index (χ3n) is 3.73. The third-order valence-corrected chi connectivity index (χ3v) is 3.73. The summed E-state index contributed by atoms with van der Waals surface area (Å²) in [5.74, 6) is 1.52. The molecular formula is C16H27NO3. The Bertz CT molecular complexity index is 403. The van der Waals surface area contributed by atoms with Crippen molar-refractivity contribution in [1.29, 1.82) is 0 Å². The molecule has 1 aromatic carbocycles. The van der Waals surface area contributed by atoms with Crippen molar-refractivity contribution in [2.75, 3.05) is 20.3 Å². The molecule has 20 heavy (non-hydrogen) atoms. The van der Waals surface area contributed by atoms with Crippen molar-refractivity contribution >= 4 is 0 Å². The molecule has 0 spiro atoms. The SMILES string of the molecule is CCc1ccc(OCCCC(N)(CC)CO)c(OC)c1. The number of methoxy groups -OCH3 is 1. The molecule has 0 aliphatic carbocycles. The van der Waals surface area contributed by atoms with Crippen LogP contribution >= 0.6 is 0 Å². The lowest BCUT2D eigenvalue weighted by atomic mass is 9.93. The molecule has 0 aromatic heterocycles. The standard InChI is InChI=1S/C16H27NO3/c1-4-13-7-8-14(15(11-13)19-3)20-10-6-9-16(17,5-2)12-18/h7-8,11,18H,4-6,9-10,12,17H2,1-3H3. The van der Waals surface area contributed by atoms with Gasteiger partial charge in [-0.1, -0.05) is 19.9 Å². The Balaban J connectivity index is 2.50. The van der Waals surface area contributed by atoms with E-state index in [1.165, 1.54) is 5.56 Å². The summed E-state index contributed by atoms with van der Waals surface area (Å²) in [6, 6.07) is 5.99. The van der Waals surface area contributed by atoms with Crippen molar-refractivity contribution in [3.63, 3.8) is 0 Å². The van der Waals surface area contributed by atoms with Gasteiger partial charge in [0.05, 0.1) is 20.3 Å². The maximum Gasteiger partial charge on any atom is 0.161 e. The van der Waals surface area contributed by atoms with E-state index < -0.39 is 5.54 Å². The molecule has 1 aromatic rings. The molecular weight excluding hydrogens is 254 g/mol. The predicted octanol–water partition coefficient (Wildman–Crippen LogP) is 2.52. The maximum atomic E-state index is 9.26. The topological polar surface area (TPSA) is 64.7 Å². The zero-order chi connectivity index (χ0) is 15.0. The Hall–Kier alpha value is -1.26. The van der Waals surface area contributed by atoms with Crippen LogP contribution < -0.4 is 15.2 Å². The van der Waals surface area contributed by atoms with Gasteiger partial charge in [0, 0.05) is 5.54 Å². The summed E-state index contributed by atoms with van der Waals surface area (Å²) in [5.41, 5.74) is 6.78. The lowest BCUT2D eigenvalue weighted by Gasteiger charge is -2.25. The average molecular weight is 281 g/mol. The van der Waals surface area contributed by atoms with Crippen LogP contribution in [0.1, 0.15) is 38.7 Å². The molecule has 114 valence electrons. The minimum Gasteiger partial charge on any atom is -0.493 e. The first-order valence-corrected chi connectivity index (χ1v) is 7.28. The van der Waals surface area contributed by atoms with Gasteiger partial charge in [-0.25, -0.2) is 0 Å². The second-order valence-corrected chi connectivity index (χ2v) is 5.16. The van der Waals surface area contributed by atoms with Gasteiger partial charge in [0.1, 0.15) is 0 Å². The van der Waals surface area contributed by atoms with Gasteiger partial charge in [0.25, 0.3) is 0 Å². The van der Waals surface area contributed by atoms with Gasteiger partial charge in [0.15, 0.2) is 11.5 Å². The van der Waals surface area contributed by atoms with Gasteiger partial charge in [-0.2, -0.15) is 0 Å². The van der Waals surface area contributed by atoms with Crippen LogP contribution in [-0.2, 0) is 6.42 Å². The van der Waals surface area contributed by atoms with E-state index in [2.05, 4.69) is 6.92 Å². The minimum atomic E-state index is -0.487. The number of hydrogen-bond donors (Lipinski definition) is 2. The molecule has 0 fully saturated rings. The van der Waals surface area contributed by atoms with Gasteiger partial charge in [-0.15, -0.1) is 0 Å². The van der Waals surface area contributed by atoms with Gasteiger partial charge in [0.2, 0.25) is 0 Å². The first-order valence-electron chi connectivity index (χ1n) is 7.28. The summed E-state index contributed by atoms with van der Waals surface area (Å²) in [6.07, 6.45) is 3.29. The van der Waals surface area contributed by atoms with Crippen molar-refractivity contribution in [3.8, 4) is 11.5 Å². The van der Waals surface area contributed by atoms with Crippen LogP contribution in [0.4, 0.5) is 0 Å². The van der Waals surface area contributed by atoms with Crippen LogP contribution in [0.15, 0.2) is 18.2 Å².